The van der Waals surface area contributed by atoms with Crippen molar-refractivity contribution in [3.8, 4) is 0 Å². The molecule has 1 atom stereocenters. The fourth-order valence-electron chi connectivity index (χ4n) is 2.34. The van der Waals surface area contributed by atoms with Crippen LogP contribution in [-0.4, -0.2) is 22.5 Å². The van der Waals surface area contributed by atoms with Gasteiger partial charge in [0.2, 0.25) is 0 Å². The van der Waals surface area contributed by atoms with Crippen LogP contribution in [0.3, 0.4) is 0 Å². The molecule has 0 aliphatic carbocycles. The Bertz CT molecular complexity index is 321. The zero-order chi connectivity index (χ0) is 10.8. The van der Waals surface area contributed by atoms with E-state index in [9.17, 15) is 0 Å². The summed E-state index contributed by atoms with van der Waals surface area (Å²) in [6.07, 6.45) is 3.85. The van der Waals surface area contributed by atoms with E-state index in [-0.39, 0.29) is 0 Å². The molecule has 2 heterocycles. The molecule has 1 saturated heterocycles. The molecule has 1 fully saturated rings. The van der Waals surface area contributed by atoms with Gasteiger partial charge in [-0.15, -0.1) is 11.3 Å². The van der Waals surface area contributed by atoms with Crippen molar-refractivity contribution in [2.45, 2.75) is 45.2 Å². The maximum atomic E-state index is 5.70. The molecule has 0 radical (unpaired) electrons. The van der Waals surface area contributed by atoms with Crippen LogP contribution < -0.4 is 5.73 Å². The van der Waals surface area contributed by atoms with E-state index in [1.165, 1.54) is 31.5 Å². The van der Waals surface area contributed by atoms with Crippen LogP contribution in [0.5, 0.6) is 0 Å². The van der Waals surface area contributed by atoms with E-state index >= 15 is 0 Å². The first-order chi connectivity index (χ1) is 7.18. The molecule has 0 aromatic carbocycles. The summed E-state index contributed by atoms with van der Waals surface area (Å²) in [4.78, 5) is 6.96. The number of thiazole rings is 1. The third-order valence-corrected chi connectivity index (χ3v) is 3.78. The summed E-state index contributed by atoms with van der Waals surface area (Å²) < 4.78 is 0. The standard InChI is InChI=1S/C11H19N3S/c1-8(2)14-6-4-3-5-10(14)9-7-15-11(12)13-9/h7-8,10H,3-6H2,1-2H3,(H2,12,13). The van der Waals surface area contributed by atoms with E-state index in [1.54, 1.807) is 11.3 Å². The number of nitrogens with two attached hydrogens (primary N) is 1. The van der Waals surface area contributed by atoms with Crippen molar-refractivity contribution in [3.05, 3.63) is 11.1 Å². The van der Waals surface area contributed by atoms with Gasteiger partial charge in [0, 0.05) is 11.4 Å². The van der Waals surface area contributed by atoms with Crippen molar-refractivity contribution in [2.24, 2.45) is 0 Å². The molecule has 0 amide bonds. The van der Waals surface area contributed by atoms with E-state index in [0.29, 0.717) is 17.2 Å². The lowest BCUT2D eigenvalue weighted by Crippen LogP contribution is -2.38. The number of nitrogens with zero attached hydrogens (tertiary/aromatic N) is 2. The van der Waals surface area contributed by atoms with Gasteiger partial charge in [-0.05, 0) is 33.2 Å². The molecule has 1 aromatic heterocycles. The number of piperidine rings is 1. The molecule has 4 heteroatoms. The first kappa shape index (κ1) is 10.9. The molecular weight excluding hydrogens is 206 g/mol. The fourth-order valence-corrected chi connectivity index (χ4v) is 2.95. The van der Waals surface area contributed by atoms with Crippen molar-refractivity contribution in [3.63, 3.8) is 0 Å². The Hall–Kier alpha value is -0.610. The zero-order valence-electron chi connectivity index (χ0n) is 9.44. The number of hydrogen-bond acceptors (Lipinski definition) is 4. The highest BCUT2D eigenvalue weighted by atomic mass is 32.1. The average molecular weight is 225 g/mol. The second-order valence-corrected chi connectivity index (χ2v) is 5.34. The first-order valence-electron chi connectivity index (χ1n) is 5.65. The summed E-state index contributed by atoms with van der Waals surface area (Å²) in [5, 5.41) is 2.81. The third kappa shape index (κ3) is 2.32. The molecule has 0 bridgehead atoms. The van der Waals surface area contributed by atoms with Crippen molar-refractivity contribution < 1.29 is 0 Å². The van der Waals surface area contributed by atoms with Crippen molar-refractivity contribution in [2.75, 3.05) is 12.3 Å². The van der Waals surface area contributed by atoms with E-state index in [1.807, 2.05) is 0 Å². The van der Waals surface area contributed by atoms with Gasteiger partial charge in [0.1, 0.15) is 0 Å². The van der Waals surface area contributed by atoms with Gasteiger partial charge in [-0.1, -0.05) is 6.42 Å². The minimum absolute atomic E-state index is 0.493. The summed E-state index contributed by atoms with van der Waals surface area (Å²) in [5.74, 6) is 0. The molecule has 2 rings (SSSR count). The highest BCUT2D eigenvalue weighted by Gasteiger charge is 2.27. The van der Waals surface area contributed by atoms with Crippen molar-refractivity contribution in [1.29, 1.82) is 0 Å². The minimum atomic E-state index is 0.493. The summed E-state index contributed by atoms with van der Waals surface area (Å²) in [7, 11) is 0. The number of hydrogen-bond donors (Lipinski definition) is 1. The Morgan fingerprint density at radius 3 is 2.93 bits per heavy atom. The van der Waals surface area contributed by atoms with Crippen LogP contribution in [0.15, 0.2) is 5.38 Å². The van der Waals surface area contributed by atoms with Crippen LogP contribution in [0.1, 0.15) is 44.8 Å². The highest BCUT2D eigenvalue weighted by Crippen LogP contribution is 2.33. The van der Waals surface area contributed by atoms with Crippen LogP contribution in [0.25, 0.3) is 0 Å². The second kappa shape index (κ2) is 4.49. The Kier molecular flexibility index (Phi) is 3.26. The topological polar surface area (TPSA) is 42.1 Å². The minimum Gasteiger partial charge on any atom is -0.375 e. The molecule has 1 aliphatic heterocycles. The number of aromatic nitrogens is 1. The molecule has 1 unspecified atom stereocenters. The second-order valence-electron chi connectivity index (χ2n) is 4.45. The number of nitrogen functional groups attached to an aromatic ring is 1. The average Bonchev–Trinajstić information content (AvgIpc) is 2.65. The van der Waals surface area contributed by atoms with Gasteiger partial charge in [0.05, 0.1) is 11.7 Å². The molecule has 0 spiro atoms. The van der Waals surface area contributed by atoms with Gasteiger partial charge in [-0.3, -0.25) is 4.90 Å². The van der Waals surface area contributed by atoms with Gasteiger partial charge in [0.15, 0.2) is 5.13 Å². The highest BCUT2D eigenvalue weighted by molar-refractivity contribution is 7.13. The van der Waals surface area contributed by atoms with E-state index in [0.717, 1.165) is 0 Å². The predicted molar refractivity (Wildman–Crippen MR) is 65.0 cm³/mol. The van der Waals surface area contributed by atoms with Gasteiger partial charge in [0.25, 0.3) is 0 Å². The van der Waals surface area contributed by atoms with Crippen LogP contribution in [0.4, 0.5) is 5.13 Å². The Balaban J connectivity index is 2.17. The molecule has 1 aliphatic rings. The molecule has 1 aromatic rings. The lowest BCUT2D eigenvalue weighted by molar-refractivity contribution is 0.110. The Labute approximate surface area is 95.3 Å². The van der Waals surface area contributed by atoms with Gasteiger partial charge in [-0.25, -0.2) is 4.98 Å². The lowest BCUT2D eigenvalue weighted by atomic mass is 9.98. The SMILES string of the molecule is CC(C)N1CCCCC1c1csc(N)n1. The van der Waals surface area contributed by atoms with E-state index < -0.39 is 0 Å². The van der Waals surface area contributed by atoms with Crippen LogP contribution >= 0.6 is 11.3 Å². The zero-order valence-corrected chi connectivity index (χ0v) is 10.3. The van der Waals surface area contributed by atoms with Gasteiger partial charge < -0.3 is 5.73 Å². The third-order valence-electron chi connectivity index (χ3n) is 3.09. The van der Waals surface area contributed by atoms with Crippen LogP contribution in [0.2, 0.25) is 0 Å². The van der Waals surface area contributed by atoms with Crippen molar-refractivity contribution in [1.82, 2.24) is 9.88 Å². The number of anilines is 1. The predicted octanol–water partition coefficient (Wildman–Crippen LogP) is 2.66. The maximum Gasteiger partial charge on any atom is 0.180 e. The quantitative estimate of drug-likeness (QED) is 0.841. The molecule has 84 valence electrons. The number of likely N-dealkylation sites (tertiary alicyclic amines) is 1. The normalized spacial score (nSPS) is 23.5. The summed E-state index contributed by atoms with van der Waals surface area (Å²) in [5.41, 5.74) is 6.87. The lowest BCUT2D eigenvalue weighted by Gasteiger charge is -2.37. The molecule has 0 saturated carbocycles. The summed E-state index contributed by atoms with van der Waals surface area (Å²) in [6.45, 7) is 5.71. The smallest absolute Gasteiger partial charge is 0.180 e. The Morgan fingerprint density at radius 1 is 1.53 bits per heavy atom. The molecule has 2 N–H and O–H groups in total. The Morgan fingerprint density at radius 2 is 2.33 bits per heavy atom. The van der Waals surface area contributed by atoms with E-state index in [4.69, 9.17) is 5.73 Å². The number of rotatable bonds is 2. The fraction of sp³-hybridized carbons (Fsp3) is 0.727. The van der Waals surface area contributed by atoms with Gasteiger partial charge in [-0.2, -0.15) is 0 Å². The molecule has 3 nitrogen and oxygen atoms in total. The monoisotopic (exact) mass is 225 g/mol. The first-order valence-corrected chi connectivity index (χ1v) is 6.53. The summed E-state index contributed by atoms with van der Waals surface area (Å²) >= 11 is 1.55. The van der Waals surface area contributed by atoms with E-state index in [2.05, 4.69) is 29.1 Å². The summed E-state index contributed by atoms with van der Waals surface area (Å²) in [6, 6.07) is 1.09. The van der Waals surface area contributed by atoms with Crippen molar-refractivity contribution >= 4 is 16.5 Å². The van der Waals surface area contributed by atoms with Crippen LogP contribution in [-0.2, 0) is 0 Å². The largest absolute Gasteiger partial charge is 0.375 e. The van der Waals surface area contributed by atoms with Gasteiger partial charge >= 0.3 is 0 Å². The van der Waals surface area contributed by atoms with Crippen LogP contribution in [0, 0.1) is 0 Å². The molecule has 15 heavy (non-hydrogen) atoms. The molecular formula is C11H19N3S. The maximum absolute atomic E-state index is 5.70.